The minimum absolute atomic E-state index is 0.147. The first-order chi connectivity index (χ1) is 10.5. The Hall–Kier alpha value is -0.770. The molecular weight excluding hydrogens is 276 g/mol. The SMILES string of the molecule is CC(C)(C)OC(=O)N1CCCC1CNCC1CCCCCC1. The molecule has 0 aromatic rings. The molecule has 2 aliphatic rings. The molecule has 0 aromatic carbocycles. The molecule has 0 spiro atoms. The van der Waals surface area contributed by atoms with Crippen LogP contribution in [0.5, 0.6) is 0 Å². The van der Waals surface area contributed by atoms with E-state index in [1.54, 1.807) is 0 Å². The lowest BCUT2D eigenvalue weighted by atomic mass is 10.0. The molecule has 0 radical (unpaired) electrons. The maximum Gasteiger partial charge on any atom is 0.410 e. The molecule has 4 heteroatoms. The number of carbonyl (C=O) groups excluding carboxylic acids is 1. The third kappa shape index (κ3) is 5.79. The maximum absolute atomic E-state index is 12.3. The van der Waals surface area contributed by atoms with Gasteiger partial charge in [0.2, 0.25) is 0 Å². The number of carbonyl (C=O) groups is 1. The van der Waals surface area contributed by atoms with Crippen molar-refractivity contribution < 1.29 is 9.53 Å². The van der Waals surface area contributed by atoms with Gasteiger partial charge in [0.15, 0.2) is 0 Å². The summed E-state index contributed by atoms with van der Waals surface area (Å²) >= 11 is 0. The lowest BCUT2D eigenvalue weighted by Crippen LogP contribution is -2.44. The van der Waals surface area contributed by atoms with Crippen molar-refractivity contribution in [3.05, 3.63) is 0 Å². The van der Waals surface area contributed by atoms with E-state index in [2.05, 4.69) is 5.32 Å². The molecule has 2 rings (SSSR count). The molecule has 22 heavy (non-hydrogen) atoms. The molecule has 1 saturated carbocycles. The van der Waals surface area contributed by atoms with Gasteiger partial charge in [-0.3, -0.25) is 0 Å². The molecule has 1 heterocycles. The molecular formula is C18H34N2O2. The number of amides is 1. The number of nitrogens with one attached hydrogen (secondary N) is 1. The standard InChI is InChI=1S/C18H34N2O2/c1-18(2,3)22-17(21)20-12-8-11-16(20)14-19-13-15-9-6-4-5-7-10-15/h15-16,19H,4-14H2,1-3H3. The average Bonchev–Trinajstić information content (AvgIpc) is 2.73. The van der Waals surface area contributed by atoms with Crippen LogP contribution in [0.25, 0.3) is 0 Å². The number of rotatable bonds is 4. The third-order valence-corrected chi connectivity index (χ3v) is 4.79. The second-order valence-electron chi connectivity index (χ2n) is 7.99. The Labute approximate surface area is 136 Å². The van der Waals surface area contributed by atoms with Crippen LogP contribution in [0.4, 0.5) is 4.79 Å². The van der Waals surface area contributed by atoms with Crippen molar-refractivity contribution in [2.24, 2.45) is 5.92 Å². The molecule has 0 bridgehead atoms. The van der Waals surface area contributed by atoms with Crippen molar-refractivity contribution in [1.82, 2.24) is 10.2 Å². The van der Waals surface area contributed by atoms with Gasteiger partial charge in [-0.25, -0.2) is 4.79 Å². The van der Waals surface area contributed by atoms with E-state index < -0.39 is 5.60 Å². The van der Waals surface area contributed by atoms with E-state index >= 15 is 0 Å². The number of likely N-dealkylation sites (tertiary alicyclic amines) is 1. The van der Waals surface area contributed by atoms with E-state index in [1.807, 2.05) is 25.7 Å². The van der Waals surface area contributed by atoms with Crippen LogP contribution in [0.2, 0.25) is 0 Å². The molecule has 1 amide bonds. The van der Waals surface area contributed by atoms with Gasteiger partial charge in [0.05, 0.1) is 0 Å². The lowest BCUT2D eigenvalue weighted by molar-refractivity contribution is 0.0226. The fraction of sp³-hybridized carbons (Fsp3) is 0.944. The minimum Gasteiger partial charge on any atom is -0.444 e. The molecule has 1 saturated heterocycles. The summed E-state index contributed by atoms with van der Waals surface area (Å²) in [6.45, 7) is 8.65. The molecule has 0 aromatic heterocycles. The highest BCUT2D eigenvalue weighted by molar-refractivity contribution is 5.69. The quantitative estimate of drug-likeness (QED) is 0.800. The first kappa shape index (κ1) is 17.6. The Balaban J connectivity index is 1.72. The third-order valence-electron chi connectivity index (χ3n) is 4.79. The van der Waals surface area contributed by atoms with Gasteiger partial charge in [-0.05, 0) is 58.9 Å². The van der Waals surface area contributed by atoms with Crippen molar-refractivity contribution in [1.29, 1.82) is 0 Å². The second kappa shape index (κ2) is 8.19. The molecule has 1 N–H and O–H groups in total. The van der Waals surface area contributed by atoms with E-state index in [9.17, 15) is 4.79 Å². The summed E-state index contributed by atoms with van der Waals surface area (Å²) < 4.78 is 5.52. The van der Waals surface area contributed by atoms with Crippen LogP contribution in [-0.2, 0) is 4.74 Å². The highest BCUT2D eigenvalue weighted by atomic mass is 16.6. The monoisotopic (exact) mass is 310 g/mol. The number of nitrogens with zero attached hydrogens (tertiary/aromatic N) is 1. The number of hydrogen-bond acceptors (Lipinski definition) is 3. The van der Waals surface area contributed by atoms with Crippen molar-refractivity contribution in [2.75, 3.05) is 19.6 Å². The Morgan fingerprint density at radius 1 is 1.05 bits per heavy atom. The topological polar surface area (TPSA) is 41.6 Å². The summed E-state index contributed by atoms with van der Waals surface area (Å²) in [5.41, 5.74) is -0.405. The van der Waals surface area contributed by atoms with Crippen LogP contribution in [0.1, 0.15) is 72.1 Å². The molecule has 128 valence electrons. The minimum atomic E-state index is -0.405. The predicted molar refractivity (Wildman–Crippen MR) is 90.0 cm³/mol. The Morgan fingerprint density at radius 3 is 2.36 bits per heavy atom. The van der Waals surface area contributed by atoms with Crippen LogP contribution in [0.3, 0.4) is 0 Å². The van der Waals surface area contributed by atoms with Gasteiger partial charge in [-0.2, -0.15) is 0 Å². The van der Waals surface area contributed by atoms with Crippen molar-refractivity contribution in [3.63, 3.8) is 0 Å². The van der Waals surface area contributed by atoms with E-state index in [1.165, 1.54) is 38.5 Å². The summed E-state index contributed by atoms with van der Waals surface area (Å²) in [4.78, 5) is 14.2. The molecule has 1 aliphatic heterocycles. The highest BCUT2D eigenvalue weighted by Crippen LogP contribution is 2.23. The van der Waals surface area contributed by atoms with Crippen LogP contribution >= 0.6 is 0 Å². The van der Waals surface area contributed by atoms with Crippen LogP contribution in [-0.4, -0.2) is 42.3 Å². The largest absolute Gasteiger partial charge is 0.444 e. The number of ether oxygens (including phenoxy) is 1. The van der Waals surface area contributed by atoms with E-state index in [4.69, 9.17) is 4.74 Å². The fourth-order valence-corrected chi connectivity index (χ4v) is 3.63. The van der Waals surface area contributed by atoms with Gasteiger partial charge < -0.3 is 15.0 Å². The first-order valence-corrected chi connectivity index (χ1v) is 9.16. The summed E-state index contributed by atoms with van der Waals surface area (Å²) in [6, 6.07) is 0.306. The van der Waals surface area contributed by atoms with Crippen LogP contribution < -0.4 is 5.32 Å². The summed E-state index contributed by atoms with van der Waals surface area (Å²) in [6.07, 6.45) is 10.4. The highest BCUT2D eigenvalue weighted by Gasteiger charge is 2.31. The van der Waals surface area contributed by atoms with Gasteiger partial charge in [0.1, 0.15) is 5.60 Å². The summed E-state index contributed by atoms with van der Waals surface area (Å²) in [5, 5.41) is 3.62. The van der Waals surface area contributed by atoms with Gasteiger partial charge >= 0.3 is 6.09 Å². The van der Waals surface area contributed by atoms with Crippen LogP contribution in [0.15, 0.2) is 0 Å². The molecule has 1 unspecified atom stereocenters. The van der Waals surface area contributed by atoms with Gasteiger partial charge in [0, 0.05) is 19.1 Å². The van der Waals surface area contributed by atoms with E-state index in [0.717, 1.165) is 38.4 Å². The molecule has 2 fully saturated rings. The van der Waals surface area contributed by atoms with Crippen LogP contribution in [0, 0.1) is 5.92 Å². The Kier molecular flexibility index (Phi) is 6.54. The van der Waals surface area contributed by atoms with Gasteiger partial charge in [-0.1, -0.05) is 25.7 Å². The fourth-order valence-electron chi connectivity index (χ4n) is 3.63. The van der Waals surface area contributed by atoms with E-state index in [-0.39, 0.29) is 6.09 Å². The average molecular weight is 310 g/mol. The normalized spacial score (nSPS) is 24.3. The summed E-state index contributed by atoms with van der Waals surface area (Å²) in [5.74, 6) is 0.832. The zero-order chi connectivity index (χ0) is 16.0. The number of hydrogen-bond donors (Lipinski definition) is 1. The predicted octanol–water partition coefficient (Wildman–Crippen LogP) is 3.95. The molecule has 4 nitrogen and oxygen atoms in total. The Bertz CT molecular complexity index is 343. The lowest BCUT2D eigenvalue weighted by Gasteiger charge is -2.29. The molecule has 1 aliphatic carbocycles. The van der Waals surface area contributed by atoms with Crippen molar-refractivity contribution in [2.45, 2.75) is 83.8 Å². The maximum atomic E-state index is 12.3. The zero-order valence-corrected chi connectivity index (χ0v) is 14.7. The smallest absolute Gasteiger partial charge is 0.410 e. The summed E-state index contributed by atoms with van der Waals surface area (Å²) in [7, 11) is 0. The first-order valence-electron chi connectivity index (χ1n) is 9.16. The second-order valence-corrected chi connectivity index (χ2v) is 7.99. The van der Waals surface area contributed by atoms with Gasteiger partial charge in [-0.15, -0.1) is 0 Å². The van der Waals surface area contributed by atoms with Crippen molar-refractivity contribution >= 4 is 6.09 Å². The zero-order valence-electron chi connectivity index (χ0n) is 14.7. The van der Waals surface area contributed by atoms with Crippen molar-refractivity contribution in [3.8, 4) is 0 Å². The van der Waals surface area contributed by atoms with E-state index in [0.29, 0.717) is 6.04 Å². The van der Waals surface area contributed by atoms with Gasteiger partial charge in [0.25, 0.3) is 0 Å². The molecule has 1 atom stereocenters. The Morgan fingerprint density at radius 2 is 1.73 bits per heavy atom.